The van der Waals surface area contributed by atoms with Crippen molar-refractivity contribution in [2.45, 2.75) is 12.3 Å². The molecule has 0 spiro atoms. The smallest absolute Gasteiger partial charge is 0.123 e. The SMILES string of the molecule is Fc1ccc(C(CBr)Cc2ccc(Cl)s2)cc1. The molecule has 4 heteroatoms. The monoisotopic (exact) mass is 332 g/mol. The van der Waals surface area contributed by atoms with Crippen LogP contribution in [-0.2, 0) is 6.42 Å². The van der Waals surface area contributed by atoms with E-state index < -0.39 is 0 Å². The summed E-state index contributed by atoms with van der Waals surface area (Å²) in [5, 5.41) is 0.855. The summed E-state index contributed by atoms with van der Waals surface area (Å²) in [6, 6.07) is 10.7. The summed E-state index contributed by atoms with van der Waals surface area (Å²) < 4.78 is 13.7. The van der Waals surface area contributed by atoms with Crippen molar-refractivity contribution in [2.24, 2.45) is 0 Å². The van der Waals surface area contributed by atoms with Crippen molar-refractivity contribution in [1.29, 1.82) is 0 Å². The lowest BCUT2D eigenvalue weighted by molar-refractivity contribution is 0.625. The molecular formula is C13H11BrClFS. The van der Waals surface area contributed by atoms with Gasteiger partial charge in [0.15, 0.2) is 0 Å². The molecule has 1 aromatic carbocycles. The molecule has 0 N–H and O–H groups in total. The fourth-order valence-electron chi connectivity index (χ4n) is 1.70. The van der Waals surface area contributed by atoms with Crippen molar-refractivity contribution >= 4 is 38.9 Å². The van der Waals surface area contributed by atoms with Crippen molar-refractivity contribution in [2.75, 3.05) is 5.33 Å². The number of thiophene rings is 1. The normalized spacial score (nSPS) is 12.6. The number of alkyl halides is 1. The molecule has 17 heavy (non-hydrogen) atoms. The van der Waals surface area contributed by atoms with Gasteiger partial charge in [-0.05, 0) is 42.2 Å². The van der Waals surface area contributed by atoms with Crippen molar-refractivity contribution in [3.05, 3.63) is 57.0 Å². The predicted molar refractivity (Wildman–Crippen MR) is 76.0 cm³/mol. The van der Waals surface area contributed by atoms with Gasteiger partial charge in [0.25, 0.3) is 0 Å². The summed E-state index contributed by atoms with van der Waals surface area (Å²) in [7, 11) is 0. The molecule has 0 bridgehead atoms. The summed E-state index contributed by atoms with van der Waals surface area (Å²) in [6.45, 7) is 0. The van der Waals surface area contributed by atoms with E-state index in [2.05, 4.69) is 15.9 Å². The van der Waals surface area contributed by atoms with Crippen LogP contribution >= 0.6 is 38.9 Å². The third-order valence-electron chi connectivity index (χ3n) is 2.60. The van der Waals surface area contributed by atoms with Crippen LogP contribution in [-0.4, -0.2) is 5.33 Å². The Balaban J connectivity index is 2.13. The van der Waals surface area contributed by atoms with Crippen LogP contribution in [0.3, 0.4) is 0 Å². The zero-order chi connectivity index (χ0) is 12.3. The van der Waals surface area contributed by atoms with Crippen molar-refractivity contribution in [1.82, 2.24) is 0 Å². The Bertz CT molecular complexity index is 480. The van der Waals surface area contributed by atoms with Gasteiger partial charge in [-0.1, -0.05) is 39.7 Å². The first-order chi connectivity index (χ1) is 8.19. The average molecular weight is 334 g/mol. The van der Waals surface area contributed by atoms with E-state index in [1.165, 1.54) is 17.0 Å². The Morgan fingerprint density at radius 1 is 1.18 bits per heavy atom. The third kappa shape index (κ3) is 3.54. The fraction of sp³-hybridized carbons (Fsp3) is 0.231. The van der Waals surface area contributed by atoms with Gasteiger partial charge in [0, 0.05) is 10.2 Å². The highest BCUT2D eigenvalue weighted by atomic mass is 79.9. The van der Waals surface area contributed by atoms with Crippen LogP contribution in [0, 0.1) is 5.82 Å². The van der Waals surface area contributed by atoms with E-state index in [1.807, 2.05) is 24.3 Å². The zero-order valence-electron chi connectivity index (χ0n) is 9.00. The summed E-state index contributed by atoms with van der Waals surface area (Å²) in [5.74, 6) is 0.159. The number of hydrogen-bond donors (Lipinski definition) is 0. The van der Waals surface area contributed by atoms with Crippen molar-refractivity contribution in [3.8, 4) is 0 Å². The lowest BCUT2D eigenvalue weighted by Crippen LogP contribution is -2.03. The molecule has 0 aliphatic rings. The molecule has 1 atom stereocenters. The van der Waals surface area contributed by atoms with Gasteiger partial charge >= 0.3 is 0 Å². The summed E-state index contributed by atoms with van der Waals surface area (Å²) in [6.07, 6.45) is 0.925. The molecule has 0 nitrogen and oxygen atoms in total. The molecule has 0 saturated heterocycles. The van der Waals surface area contributed by atoms with Crippen LogP contribution in [0.2, 0.25) is 4.34 Å². The van der Waals surface area contributed by atoms with Gasteiger partial charge in [-0.3, -0.25) is 0 Å². The second-order valence-electron chi connectivity index (χ2n) is 3.81. The first-order valence-electron chi connectivity index (χ1n) is 5.24. The fourth-order valence-corrected chi connectivity index (χ4v) is 3.47. The zero-order valence-corrected chi connectivity index (χ0v) is 12.2. The number of halogens is 3. The predicted octanol–water partition coefficient (Wildman–Crippen LogP) is 5.26. The lowest BCUT2D eigenvalue weighted by Gasteiger charge is -2.13. The van der Waals surface area contributed by atoms with E-state index in [1.54, 1.807) is 11.3 Å². The first kappa shape index (κ1) is 13.1. The maximum atomic E-state index is 12.9. The molecule has 90 valence electrons. The minimum Gasteiger partial charge on any atom is -0.207 e. The second-order valence-corrected chi connectivity index (χ2v) is 6.26. The molecule has 0 aliphatic heterocycles. The third-order valence-corrected chi connectivity index (χ3v) is 4.64. The summed E-state index contributed by atoms with van der Waals surface area (Å²) in [4.78, 5) is 1.25. The van der Waals surface area contributed by atoms with E-state index in [0.717, 1.165) is 21.7 Å². The van der Waals surface area contributed by atoms with Gasteiger partial charge < -0.3 is 0 Å². The number of hydrogen-bond acceptors (Lipinski definition) is 1. The Morgan fingerprint density at radius 3 is 2.41 bits per heavy atom. The topological polar surface area (TPSA) is 0 Å². The van der Waals surface area contributed by atoms with Crippen LogP contribution in [0.15, 0.2) is 36.4 Å². The van der Waals surface area contributed by atoms with Crippen molar-refractivity contribution in [3.63, 3.8) is 0 Å². The standard InChI is InChI=1S/C13H11BrClFS/c14-8-10(7-12-5-6-13(15)17-12)9-1-3-11(16)4-2-9/h1-6,10H,7-8H2. The molecule has 1 unspecified atom stereocenters. The molecule has 1 aromatic heterocycles. The van der Waals surface area contributed by atoms with Gasteiger partial charge in [-0.2, -0.15) is 0 Å². The van der Waals surface area contributed by atoms with E-state index >= 15 is 0 Å². The highest BCUT2D eigenvalue weighted by molar-refractivity contribution is 9.09. The Hall–Kier alpha value is -0.380. The van der Waals surface area contributed by atoms with E-state index in [4.69, 9.17) is 11.6 Å². The van der Waals surface area contributed by atoms with Gasteiger partial charge in [0.1, 0.15) is 5.82 Å². The first-order valence-corrected chi connectivity index (χ1v) is 7.56. The van der Waals surface area contributed by atoms with Gasteiger partial charge in [-0.25, -0.2) is 4.39 Å². The molecule has 0 amide bonds. The van der Waals surface area contributed by atoms with Crippen LogP contribution < -0.4 is 0 Å². The molecule has 1 heterocycles. The Kier molecular flexibility index (Phi) is 4.60. The quantitative estimate of drug-likeness (QED) is 0.669. The van der Waals surface area contributed by atoms with Gasteiger partial charge in [0.05, 0.1) is 4.34 Å². The minimum absolute atomic E-state index is 0.193. The maximum Gasteiger partial charge on any atom is 0.123 e. The largest absolute Gasteiger partial charge is 0.207 e. The summed E-state index contributed by atoms with van der Waals surface area (Å²) >= 11 is 11.0. The van der Waals surface area contributed by atoms with Crippen molar-refractivity contribution < 1.29 is 4.39 Å². The molecule has 0 fully saturated rings. The Morgan fingerprint density at radius 2 is 1.88 bits per heavy atom. The highest BCUT2D eigenvalue weighted by Gasteiger charge is 2.12. The van der Waals surface area contributed by atoms with Crippen LogP contribution in [0.5, 0.6) is 0 Å². The van der Waals surface area contributed by atoms with Gasteiger partial charge in [0.2, 0.25) is 0 Å². The van der Waals surface area contributed by atoms with Crippen LogP contribution in [0.25, 0.3) is 0 Å². The minimum atomic E-state index is -0.193. The molecule has 2 rings (SSSR count). The molecule has 0 saturated carbocycles. The molecule has 2 aromatic rings. The van der Waals surface area contributed by atoms with E-state index in [9.17, 15) is 4.39 Å². The molecule has 0 radical (unpaired) electrons. The van der Waals surface area contributed by atoms with Crippen LogP contribution in [0.1, 0.15) is 16.4 Å². The summed E-state index contributed by atoms with van der Waals surface area (Å²) in [5.41, 5.74) is 1.15. The van der Waals surface area contributed by atoms with Gasteiger partial charge in [-0.15, -0.1) is 11.3 Å². The van der Waals surface area contributed by atoms with E-state index in [-0.39, 0.29) is 5.82 Å². The molecule has 0 aliphatic carbocycles. The number of rotatable bonds is 4. The Labute approximate surface area is 118 Å². The van der Waals surface area contributed by atoms with E-state index in [0.29, 0.717) is 5.92 Å². The number of benzene rings is 1. The second kappa shape index (κ2) is 5.98. The maximum absolute atomic E-state index is 12.9. The van der Waals surface area contributed by atoms with Crippen LogP contribution in [0.4, 0.5) is 4.39 Å². The molecular weight excluding hydrogens is 323 g/mol. The lowest BCUT2D eigenvalue weighted by atomic mass is 9.97. The average Bonchev–Trinajstić information content (AvgIpc) is 2.73. The highest BCUT2D eigenvalue weighted by Crippen LogP contribution is 2.29.